The monoisotopic (exact) mass is 410 g/mol. The second kappa shape index (κ2) is 8.46. The Hall–Kier alpha value is -3.52. The number of methoxy groups -OCH3 is 2. The van der Waals surface area contributed by atoms with E-state index in [2.05, 4.69) is 5.32 Å². The zero-order valence-corrected chi connectivity index (χ0v) is 16.8. The number of nitrogens with one attached hydrogen (secondary N) is 1. The highest BCUT2D eigenvalue weighted by atomic mass is 16.6. The molecule has 2 aromatic carbocycles. The average molecular weight is 410 g/mol. The normalized spacial score (nSPS) is 16.8. The fourth-order valence-electron chi connectivity index (χ4n) is 3.37. The molecule has 30 heavy (non-hydrogen) atoms. The van der Waals surface area contributed by atoms with Gasteiger partial charge >= 0.3 is 6.09 Å². The third-order valence-corrected chi connectivity index (χ3v) is 4.97. The fourth-order valence-corrected chi connectivity index (χ4v) is 3.37. The third-order valence-electron chi connectivity index (χ3n) is 4.97. The molecular weight excluding hydrogens is 388 g/mol. The molecule has 0 atom stereocenters. The molecule has 1 N–H and O–H groups in total. The minimum atomic E-state index is -0.394. The van der Waals surface area contributed by atoms with Crippen LogP contribution < -0.4 is 19.5 Å². The van der Waals surface area contributed by atoms with Crippen molar-refractivity contribution in [2.45, 2.75) is 0 Å². The number of nitrogens with zero attached hydrogens (tertiary/aromatic N) is 1. The quantitative estimate of drug-likeness (QED) is 0.780. The summed E-state index contributed by atoms with van der Waals surface area (Å²) in [6, 6.07) is 10.5. The number of amides is 2. The summed E-state index contributed by atoms with van der Waals surface area (Å²) in [4.78, 5) is 26.3. The van der Waals surface area contributed by atoms with Gasteiger partial charge in [-0.1, -0.05) is 12.1 Å². The lowest BCUT2D eigenvalue weighted by Gasteiger charge is -2.25. The van der Waals surface area contributed by atoms with Gasteiger partial charge in [-0.2, -0.15) is 0 Å². The first-order valence-electron chi connectivity index (χ1n) is 9.53. The van der Waals surface area contributed by atoms with Gasteiger partial charge in [0.2, 0.25) is 0 Å². The Morgan fingerprint density at radius 1 is 1.07 bits per heavy atom. The van der Waals surface area contributed by atoms with Crippen molar-refractivity contribution in [3.8, 4) is 17.2 Å². The maximum absolute atomic E-state index is 12.5. The molecule has 0 radical (unpaired) electrons. The predicted octanol–water partition coefficient (Wildman–Crippen LogP) is 3.03. The topological polar surface area (TPSA) is 86.3 Å². The van der Waals surface area contributed by atoms with Crippen LogP contribution in [0.3, 0.4) is 0 Å². The van der Waals surface area contributed by atoms with Crippen LogP contribution in [0.25, 0.3) is 11.6 Å². The Balaban J connectivity index is 1.53. The Bertz CT molecular complexity index is 993. The Morgan fingerprint density at radius 3 is 2.40 bits per heavy atom. The van der Waals surface area contributed by atoms with Crippen LogP contribution in [0.15, 0.2) is 36.4 Å². The molecule has 0 bridgehead atoms. The molecule has 0 aromatic heterocycles. The Morgan fingerprint density at radius 2 is 1.73 bits per heavy atom. The molecule has 8 nitrogen and oxygen atoms in total. The zero-order chi connectivity index (χ0) is 21.1. The number of hydrogen-bond acceptors (Lipinski definition) is 6. The van der Waals surface area contributed by atoms with Gasteiger partial charge < -0.3 is 29.2 Å². The Kier molecular flexibility index (Phi) is 5.58. The molecule has 8 heteroatoms. The first kappa shape index (κ1) is 19.8. The predicted molar refractivity (Wildman–Crippen MR) is 111 cm³/mol. The number of anilines is 1. The highest BCUT2D eigenvalue weighted by Crippen LogP contribution is 2.41. The molecule has 2 aromatic rings. The summed E-state index contributed by atoms with van der Waals surface area (Å²) in [5.74, 6) is 1.33. The van der Waals surface area contributed by atoms with Crippen LogP contribution in [-0.4, -0.2) is 57.4 Å². The maximum Gasteiger partial charge on any atom is 0.415 e. The number of hydrogen-bond donors (Lipinski definition) is 1. The van der Waals surface area contributed by atoms with E-state index in [4.69, 9.17) is 18.9 Å². The SMILES string of the molecule is COc1cc2c(cc1OC)/C(=C\c1ccc(OC(=O)N3CCOCC3)cc1)C(=O)N2. The first-order valence-corrected chi connectivity index (χ1v) is 9.53. The lowest BCUT2D eigenvalue weighted by atomic mass is 10.0. The third kappa shape index (κ3) is 3.95. The molecule has 2 aliphatic heterocycles. The number of benzene rings is 2. The van der Waals surface area contributed by atoms with Crippen LogP contribution in [0.1, 0.15) is 11.1 Å². The second-order valence-corrected chi connectivity index (χ2v) is 6.80. The van der Waals surface area contributed by atoms with Crippen LogP contribution in [0.2, 0.25) is 0 Å². The Labute approximate surface area is 174 Å². The summed E-state index contributed by atoms with van der Waals surface area (Å²) < 4.78 is 21.3. The molecule has 1 fully saturated rings. The van der Waals surface area contributed by atoms with Gasteiger partial charge in [0.1, 0.15) is 5.75 Å². The number of ether oxygens (including phenoxy) is 4. The number of carbonyl (C=O) groups is 2. The van der Waals surface area contributed by atoms with Crippen molar-refractivity contribution < 1.29 is 28.5 Å². The van der Waals surface area contributed by atoms with E-state index in [0.29, 0.717) is 54.8 Å². The van der Waals surface area contributed by atoms with Crippen LogP contribution in [0.5, 0.6) is 17.2 Å². The summed E-state index contributed by atoms with van der Waals surface area (Å²) in [6.07, 6.45) is 1.38. The van der Waals surface area contributed by atoms with Gasteiger partial charge in [-0.3, -0.25) is 4.79 Å². The van der Waals surface area contributed by atoms with Crippen LogP contribution in [0, 0.1) is 0 Å². The smallest absolute Gasteiger partial charge is 0.415 e. The lowest BCUT2D eigenvalue weighted by molar-refractivity contribution is -0.110. The van der Waals surface area contributed by atoms with Gasteiger partial charge in [-0.25, -0.2) is 4.79 Å². The standard InChI is InChI=1S/C22H22N2O6/c1-27-19-12-16-17(21(25)23-18(16)13-20(19)28-2)11-14-3-5-15(6-4-14)30-22(26)24-7-9-29-10-8-24/h3-6,11-13H,7-10H2,1-2H3,(H,23,25)/b17-11+. The molecule has 0 aliphatic carbocycles. The molecular formula is C22H22N2O6. The summed E-state index contributed by atoms with van der Waals surface area (Å²) in [5.41, 5.74) is 2.72. The first-order chi connectivity index (χ1) is 14.6. The zero-order valence-electron chi connectivity index (χ0n) is 16.8. The number of carbonyl (C=O) groups excluding carboxylic acids is 2. The molecule has 156 valence electrons. The molecule has 2 heterocycles. The molecule has 4 rings (SSSR count). The van der Waals surface area contributed by atoms with E-state index in [0.717, 1.165) is 11.1 Å². The van der Waals surface area contributed by atoms with E-state index in [1.165, 1.54) is 0 Å². The van der Waals surface area contributed by atoms with Crippen LogP contribution >= 0.6 is 0 Å². The van der Waals surface area contributed by atoms with E-state index in [1.54, 1.807) is 61.6 Å². The molecule has 1 saturated heterocycles. The van der Waals surface area contributed by atoms with E-state index in [9.17, 15) is 9.59 Å². The van der Waals surface area contributed by atoms with Crippen LogP contribution in [-0.2, 0) is 9.53 Å². The van der Waals surface area contributed by atoms with E-state index in [1.807, 2.05) is 0 Å². The summed E-state index contributed by atoms with van der Waals surface area (Å²) >= 11 is 0. The summed E-state index contributed by atoms with van der Waals surface area (Å²) in [5, 5.41) is 2.84. The van der Waals surface area contributed by atoms with Gasteiger partial charge in [-0.05, 0) is 29.8 Å². The van der Waals surface area contributed by atoms with E-state index < -0.39 is 6.09 Å². The van der Waals surface area contributed by atoms with Crippen molar-refractivity contribution in [2.24, 2.45) is 0 Å². The summed E-state index contributed by atoms with van der Waals surface area (Å²) in [6.45, 7) is 2.07. The van der Waals surface area contributed by atoms with Crippen molar-refractivity contribution in [1.82, 2.24) is 4.90 Å². The maximum atomic E-state index is 12.5. The van der Waals surface area contributed by atoms with Gasteiger partial charge in [0.05, 0.1) is 33.1 Å². The molecule has 2 aliphatic rings. The van der Waals surface area contributed by atoms with Crippen molar-refractivity contribution >= 4 is 29.3 Å². The van der Waals surface area contributed by atoms with E-state index >= 15 is 0 Å². The van der Waals surface area contributed by atoms with Gasteiger partial charge in [0.25, 0.3) is 5.91 Å². The average Bonchev–Trinajstić information content (AvgIpc) is 3.08. The van der Waals surface area contributed by atoms with Gasteiger partial charge in [-0.15, -0.1) is 0 Å². The molecule has 2 amide bonds. The molecule has 0 unspecified atom stereocenters. The number of rotatable bonds is 4. The minimum Gasteiger partial charge on any atom is -0.493 e. The van der Waals surface area contributed by atoms with E-state index in [-0.39, 0.29) is 5.91 Å². The largest absolute Gasteiger partial charge is 0.493 e. The second-order valence-electron chi connectivity index (χ2n) is 6.80. The van der Waals surface area contributed by atoms with Gasteiger partial charge in [0.15, 0.2) is 11.5 Å². The van der Waals surface area contributed by atoms with Crippen LogP contribution in [0.4, 0.5) is 10.5 Å². The van der Waals surface area contributed by atoms with Crippen molar-refractivity contribution in [3.05, 3.63) is 47.5 Å². The van der Waals surface area contributed by atoms with Crippen molar-refractivity contribution in [2.75, 3.05) is 45.8 Å². The highest BCUT2D eigenvalue weighted by Gasteiger charge is 2.26. The number of morpholine rings is 1. The summed E-state index contributed by atoms with van der Waals surface area (Å²) in [7, 11) is 3.10. The minimum absolute atomic E-state index is 0.205. The molecule has 0 saturated carbocycles. The van der Waals surface area contributed by atoms with Crippen molar-refractivity contribution in [1.29, 1.82) is 0 Å². The number of fused-ring (bicyclic) bond motifs is 1. The van der Waals surface area contributed by atoms with Gasteiger partial charge in [0, 0.05) is 30.3 Å². The lowest BCUT2D eigenvalue weighted by Crippen LogP contribution is -2.42. The highest BCUT2D eigenvalue weighted by molar-refractivity contribution is 6.35. The molecule has 0 spiro atoms. The fraction of sp³-hybridized carbons (Fsp3) is 0.273. The van der Waals surface area contributed by atoms with Crippen molar-refractivity contribution in [3.63, 3.8) is 0 Å².